The summed E-state index contributed by atoms with van der Waals surface area (Å²) in [7, 11) is 0. The van der Waals surface area contributed by atoms with Crippen molar-refractivity contribution < 1.29 is 9.47 Å². The number of nitrogens with zero attached hydrogens (tertiary/aromatic N) is 1. The Bertz CT molecular complexity index is 558. The van der Waals surface area contributed by atoms with Crippen LogP contribution in [-0.4, -0.2) is 18.2 Å². The van der Waals surface area contributed by atoms with Crippen LogP contribution >= 0.6 is 0 Å². The molecule has 1 heterocycles. The maximum absolute atomic E-state index is 5.64. The molecule has 112 valence electrons. The van der Waals surface area contributed by atoms with Gasteiger partial charge in [-0.15, -0.1) is 0 Å². The zero-order valence-corrected chi connectivity index (χ0v) is 12.8. The number of ether oxygens (including phenoxy) is 2. The molecule has 1 aromatic heterocycles. The standard InChI is InChI=1S/C17H22N2O2/c1-4-20-16-7-6-15(12-17(16)21-5-2)19-13(3)14-8-10-18-11-9-14/h6-13,19H,4-5H2,1-3H3. The minimum absolute atomic E-state index is 0.195. The van der Waals surface area contributed by atoms with Crippen LogP contribution < -0.4 is 14.8 Å². The Labute approximate surface area is 126 Å². The molecular formula is C17H22N2O2. The number of rotatable bonds is 7. The number of hydrogen-bond donors (Lipinski definition) is 1. The van der Waals surface area contributed by atoms with Crippen LogP contribution in [0.15, 0.2) is 42.7 Å². The van der Waals surface area contributed by atoms with Crippen molar-refractivity contribution in [1.29, 1.82) is 0 Å². The maximum Gasteiger partial charge on any atom is 0.163 e. The second-order valence-electron chi connectivity index (χ2n) is 4.67. The van der Waals surface area contributed by atoms with E-state index in [2.05, 4.69) is 17.2 Å². The molecule has 0 aliphatic rings. The van der Waals surface area contributed by atoms with Gasteiger partial charge in [0.25, 0.3) is 0 Å². The van der Waals surface area contributed by atoms with E-state index in [1.807, 2.05) is 44.2 Å². The van der Waals surface area contributed by atoms with Crippen LogP contribution in [0, 0.1) is 0 Å². The first-order valence-corrected chi connectivity index (χ1v) is 7.30. The minimum atomic E-state index is 0.195. The van der Waals surface area contributed by atoms with Crippen LogP contribution in [0.2, 0.25) is 0 Å². The van der Waals surface area contributed by atoms with E-state index in [0.29, 0.717) is 13.2 Å². The van der Waals surface area contributed by atoms with E-state index in [9.17, 15) is 0 Å². The quantitative estimate of drug-likeness (QED) is 0.834. The molecule has 0 amide bonds. The largest absolute Gasteiger partial charge is 0.490 e. The first-order chi connectivity index (χ1) is 10.2. The van der Waals surface area contributed by atoms with Gasteiger partial charge in [-0.3, -0.25) is 4.98 Å². The highest BCUT2D eigenvalue weighted by Gasteiger charge is 2.09. The van der Waals surface area contributed by atoms with Gasteiger partial charge in [0.2, 0.25) is 0 Å². The van der Waals surface area contributed by atoms with E-state index in [1.165, 1.54) is 5.56 Å². The summed E-state index contributed by atoms with van der Waals surface area (Å²) in [5.41, 5.74) is 2.20. The Hall–Kier alpha value is -2.23. The zero-order chi connectivity index (χ0) is 15.1. The van der Waals surface area contributed by atoms with E-state index in [0.717, 1.165) is 17.2 Å². The Kier molecular flexibility index (Phi) is 5.43. The molecule has 0 bridgehead atoms. The fourth-order valence-electron chi connectivity index (χ4n) is 2.13. The zero-order valence-electron chi connectivity index (χ0n) is 12.8. The molecule has 1 aromatic carbocycles. The summed E-state index contributed by atoms with van der Waals surface area (Å²) < 4.78 is 11.2. The molecule has 4 nitrogen and oxygen atoms in total. The molecular weight excluding hydrogens is 264 g/mol. The Morgan fingerprint density at radius 2 is 1.67 bits per heavy atom. The Morgan fingerprint density at radius 1 is 1.00 bits per heavy atom. The summed E-state index contributed by atoms with van der Waals surface area (Å²) in [6.07, 6.45) is 3.61. The second-order valence-corrected chi connectivity index (χ2v) is 4.67. The third-order valence-electron chi connectivity index (χ3n) is 3.13. The summed E-state index contributed by atoms with van der Waals surface area (Å²) in [6.45, 7) is 7.29. The maximum atomic E-state index is 5.64. The van der Waals surface area contributed by atoms with E-state index in [-0.39, 0.29) is 6.04 Å². The molecule has 21 heavy (non-hydrogen) atoms. The predicted octanol–water partition coefficient (Wildman–Crippen LogP) is 4.05. The highest BCUT2D eigenvalue weighted by molar-refractivity contribution is 5.55. The van der Waals surface area contributed by atoms with Crippen LogP contribution in [0.5, 0.6) is 11.5 Å². The highest BCUT2D eigenvalue weighted by atomic mass is 16.5. The van der Waals surface area contributed by atoms with Crippen LogP contribution in [0.25, 0.3) is 0 Å². The van der Waals surface area contributed by atoms with Crippen molar-refractivity contribution in [2.75, 3.05) is 18.5 Å². The van der Waals surface area contributed by atoms with Gasteiger partial charge in [0, 0.05) is 30.2 Å². The lowest BCUT2D eigenvalue weighted by molar-refractivity contribution is 0.288. The summed E-state index contributed by atoms with van der Waals surface area (Å²) in [4.78, 5) is 4.04. The third-order valence-corrected chi connectivity index (χ3v) is 3.13. The molecule has 0 radical (unpaired) electrons. The molecule has 0 saturated heterocycles. The average Bonchev–Trinajstić information content (AvgIpc) is 2.51. The number of anilines is 1. The molecule has 0 aliphatic carbocycles. The lowest BCUT2D eigenvalue weighted by Crippen LogP contribution is -2.07. The van der Waals surface area contributed by atoms with Gasteiger partial charge in [-0.2, -0.15) is 0 Å². The lowest BCUT2D eigenvalue weighted by Gasteiger charge is -2.17. The highest BCUT2D eigenvalue weighted by Crippen LogP contribution is 2.32. The van der Waals surface area contributed by atoms with Crippen molar-refractivity contribution in [1.82, 2.24) is 4.98 Å². The van der Waals surface area contributed by atoms with Gasteiger partial charge in [0.05, 0.1) is 13.2 Å². The monoisotopic (exact) mass is 286 g/mol. The smallest absolute Gasteiger partial charge is 0.163 e. The fraction of sp³-hybridized carbons (Fsp3) is 0.353. The van der Waals surface area contributed by atoms with Gasteiger partial charge >= 0.3 is 0 Å². The van der Waals surface area contributed by atoms with Gasteiger partial charge in [-0.05, 0) is 50.6 Å². The number of pyridine rings is 1. The fourth-order valence-corrected chi connectivity index (χ4v) is 2.13. The summed E-state index contributed by atoms with van der Waals surface area (Å²) in [5, 5.41) is 3.46. The van der Waals surface area contributed by atoms with Crippen molar-refractivity contribution in [3.63, 3.8) is 0 Å². The van der Waals surface area contributed by atoms with Crippen molar-refractivity contribution in [3.8, 4) is 11.5 Å². The summed E-state index contributed by atoms with van der Waals surface area (Å²) in [6, 6.07) is 10.1. The molecule has 1 N–H and O–H groups in total. The Balaban J connectivity index is 2.14. The van der Waals surface area contributed by atoms with Crippen molar-refractivity contribution in [3.05, 3.63) is 48.3 Å². The summed E-state index contributed by atoms with van der Waals surface area (Å²) >= 11 is 0. The molecule has 4 heteroatoms. The number of benzene rings is 1. The SMILES string of the molecule is CCOc1ccc(NC(C)c2ccncc2)cc1OCC. The number of nitrogens with one attached hydrogen (secondary N) is 1. The van der Waals surface area contributed by atoms with Gasteiger partial charge < -0.3 is 14.8 Å². The molecule has 0 saturated carbocycles. The number of hydrogen-bond acceptors (Lipinski definition) is 4. The van der Waals surface area contributed by atoms with E-state index >= 15 is 0 Å². The molecule has 0 fully saturated rings. The first-order valence-electron chi connectivity index (χ1n) is 7.30. The van der Waals surface area contributed by atoms with Crippen LogP contribution in [-0.2, 0) is 0 Å². The molecule has 1 atom stereocenters. The van der Waals surface area contributed by atoms with Crippen molar-refractivity contribution in [2.45, 2.75) is 26.8 Å². The second kappa shape index (κ2) is 7.53. The van der Waals surface area contributed by atoms with Crippen molar-refractivity contribution in [2.24, 2.45) is 0 Å². The molecule has 2 rings (SSSR count). The lowest BCUT2D eigenvalue weighted by atomic mass is 10.1. The molecule has 1 unspecified atom stereocenters. The van der Waals surface area contributed by atoms with Gasteiger partial charge in [0.15, 0.2) is 11.5 Å². The van der Waals surface area contributed by atoms with E-state index in [4.69, 9.17) is 9.47 Å². The van der Waals surface area contributed by atoms with Gasteiger partial charge in [0.1, 0.15) is 0 Å². The molecule has 0 aliphatic heterocycles. The summed E-state index contributed by atoms with van der Waals surface area (Å²) in [5.74, 6) is 1.55. The van der Waals surface area contributed by atoms with Crippen molar-refractivity contribution >= 4 is 5.69 Å². The average molecular weight is 286 g/mol. The third kappa shape index (κ3) is 4.12. The van der Waals surface area contributed by atoms with Crippen LogP contribution in [0.1, 0.15) is 32.4 Å². The first kappa shape index (κ1) is 15.2. The van der Waals surface area contributed by atoms with E-state index in [1.54, 1.807) is 12.4 Å². The topological polar surface area (TPSA) is 43.4 Å². The van der Waals surface area contributed by atoms with Gasteiger partial charge in [-0.25, -0.2) is 0 Å². The minimum Gasteiger partial charge on any atom is -0.490 e. The van der Waals surface area contributed by atoms with Gasteiger partial charge in [-0.1, -0.05) is 0 Å². The van der Waals surface area contributed by atoms with E-state index < -0.39 is 0 Å². The number of aromatic nitrogens is 1. The molecule has 2 aromatic rings. The predicted molar refractivity (Wildman–Crippen MR) is 85.1 cm³/mol. The van der Waals surface area contributed by atoms with Crippen LogP contribution in [0.3, 0.4) is 0 Å². The molecule has 0 spiro atoms. The normalized spacial score (nSPS) is 11.8. The Morgan fingerprint density at radius 3 is 2.33 bits per heavy atom. The van der Waals surface area contributed by atoms with Crippen LogP contribution in [0.4, 0.5) is 5.69 Å².